The van der Waals surface area contributed by atoms with E-state index in [0.717, 1.165) is 5.56 Å². The standard InChI is InChI=1S/C20H22O8/c21-10-15-16(22)17(23)18(24)20(28-15)27-14-8-6-13(7-9-14)19(25)26-11-12-4-2-1-3-5-12/h1-9,15-18,20-24H,10-11H2/t15-,16-,17+,18-,20-/m1/s1. The number of ether oxygens (including phenoxy) is 3. The normalized spacial score (nSPS) is 27.2. The molecule has 0 spiro atoms. The third-order valence-electron chi connectivity index (χ3n) is 4.40. The highest BCUT2D eigenvalue weighted by molar-refractivity contribution is 5.89. The van der Waals surface area contributed by atoms with Crippen molar-refractivity contribution in [2.24, 2.45) is 0 Å². The van der Waals surface area contributed by atoms with Crippen molar-refractivity contribution in [1.29, 1.82) is 0 Å². The lowest BCUT2D eigenvalue weighted by Gasteiger charge is -2.39. The molecule has 28 heavy (non-hydrogen) atoms. The van der Waals surface area contributed by atoms with E-state index in [0.29, 0.717) is 5.56 Å². The molecule has 0 unspecified atom stereocenters. The molecule has 1 saturated heterocycles. The number of benzene rings is 2. The molecule has 5 atom stereocenters. The van der Waals surface area contributed by atoms with Gasteiger partial charge in [-0.3, -0.25) is 0 Å². The fourth-order valence-corrected chi connectivity index (χ4v) is 2.77. The number of esters is 1. The smallest absolute Gasteiger partial charge is 0.338 e. The zero-order valence-electron chi connectivity index (χ0n) is 14.9. The minimum Gasteiger partial charge on any atom is -0.462 e. The van der Waals surface area contributed by atoms with Crippen molar-refractivity contribution in [3.63, 3.8) is 0 Å². The van der Waals surface area contributed by atoms with E-state index in [2.05, 4.69) is 0 Å². The van der Waals surface area contributed by atoms with Crippen LogP contribution in [0.5, 0.6) is 5.75 Å². The molecular formula is C20H22O8. The predicted octanol–water partition coefficient (Wildman–Crippen LogP) is 0.222. The summed E-state index contributed by atoms with van der Waals surface area (Å²) in [4.78, 5) is 12.1. The van der Waals surface area contributed by atoms with Gasteiger partial charge in [0.15, 0.2) is 0 Å². The van der Waals surface area contributed by atoms with Gasteiger partial charge in [-0.05, 0) is 29.8 Å². The lowest BCUT2D eigenvalue weighted by molar-refractivity contribution is -0.277. The summed E-state index contributed by atoms with van der Waals surface area (Å²) in [5.41, 5.74) is 1.19. The first-order valence-electron chi connectivity index (χ1n) is 8.78. The number of rotatable bonds is 6. The van der Waals surface area contributed by atoms with Crippen LogP contribution in [-0.2, 0) is 16.1 Å². The van der Waals surface area contributed by atoms with Gasteiger partial charge >= 0.3 is 5.97 Å². The quantitative estimate of drug-likeness (QED) is 0.516. The van der Waals surface area contributed by atoms with Crippen LogP contribution >= 0.6 is 0 Å². The zero-order valence-corrected chi connectivity index (χ0v) is 14.9. The molecular weight excluding hydrogens is 368 g/mol. The molecule has 1 fully saturated rings. The highest BCUT2D eigenvalue weighted by Gasteiger charge is 2.44. The average Bonchev–Trinajstić information content (AvgIpc) is 2.73. The topological polar surface area (TPSA) is 126 Å². The van der Waals surface area contributed by atoms with Gasteiger partial charge in [-0.15, -0.1) is 0 Å². The maximum Gasteiger partial charge on any atom is 0.338 e. The molecule has 1 aliphatic rings. The maximum atomic E-state index is 12.1. The molecule has 0 aliphatic carbocycles. The van der Waals surface area contributed by atoms with Gasteiger partial charge in [0, 0.05) is 0 Å². The fraction of sp³-hybridized carbons (Fsp3) is 0.350. The Balaban J connectivity index is 1.58. The Morgan fingerprint density at radius 3 is 2.25 bits per heavy atom. The highest BCUT2D eigenvalue weighted by atomic mass is 16.7. The van der Waals surface area contributed by atoms with Crippen molar-refractivity contribution in [3.05, 3.63) is 65.7 Å². The van der Waals surface area contributed by atoms with E-state index in [9.17, 15) is 25.2 Å². The minimum absolute atomic E-state index is 0.156. The van der Waals surface area contributed by atoms with Crippen molar-refractivity contribution < 1.29 is 39.4 Å². The van der Waals surface area contributed by atoms with Crippen molar-refractivity contribution in [1.82, 2.24) is 0 Å². The number of carbonyl (C=O) groups excluding carboxylic acids is 1. The zero-order chi connectivity index (χ0) is 20.1. The van der Waals surface area contributed by atoms with Crippen LogP contribution in [0.1, 0.15) is 15.9 Å². The second-order valence-electron chi connectivity index (χ2n) is 6.40. The molecule has 2 aromatic carbocycles. The van der Waals surface area contributed by atoms with Gasteiger partial charge in [-0.2, -0.15) is 0 Å². The Labute approximate surface area is 161 Å². The number of aliphatic hydroxyl groups is 4. The molecule has 0 radical (unpaired) electrons. The molecule has 0 bridgehead atoms. The molecule has 0 aromatic heterocycles. The minimum atomic E-state index is -1.52. The Bertz CT molecular complexity index is 762. The van der Waals surface area contributed by atoms with Crippen LogP contribution in [0.15, 0.2) is 54.6 Å². The Hall–Kier alpha value is -2.49. The number of carbonyl (C=O) groups is 1. The van der Waals surface area contributed by atoms with Crippen LogP contribution < -0.4 is 4.74 Å². The molecule has 2 aromatic rings. The Kier molecular flexibility index (Phi) is 6.61. The molecule has 0 amide bonds. The van der Waals surface area contributed by atoms with Crippen LogP contribution in [0.2, 0.25) is 0 Å². The number of hydrogen-bond donors (Lipinski definition) is 4. The summed E-state index contributed by atoms with van der Waals surface area (Å²) in [6.07, 6.45) is -6.83. The lowest BCUT2D eigenvalue weighted by atomic mass is 9.99. The lowest BCUT2D eigenvalue weighted by Crippen LogP contribution is -2.60. The predicted molar refractivity (Wildman–Crippen MR) is 96.4 cm³/mol. The Morgan fingerprint density at radius 1 is 0.929 bits per heavy atom. The third-order valence-corrected chi connectivity index (χ3v) is 4.40. The molecule has 8 heteroatoms. The number of aliphatic hydroxyl groups excluding tert-OH is 4. The molecule has 3 rings (SSSR count). The summed E-state index contributed by atoms with van der Waals surface area (Å²) in [5, 5.41) is 38.7. The molecule has 4 N–H and O–H groups in total. The largest absolute Gasteiger partial charge is 0.462 e. The van der Waals surface area contributed by atoms with Gasteiger partial charge in [-0.1, -0.05) is 30.3 Å². The van der Waals surface area contributed by atoms with Crippen LogP contribution in [0.25, 0.3) is 0 Å². The van der Waals surface area contributed by atoms with Gasteiger partial charge in [0.25, 0.3) is 0 Å². The SMILES string of the molecule is O=C(OCc1ccccc1)c1ccc(O[C@@H]2O[C@H](CO)[C@@H](O)[C@H](O)[C@H]2O)cc1. The van der Waals surface area contributed by atoms with Gasteiger partial charge in [0.1, 0.15) is 36.8 Å². The first-order valence-corrected chi connectivity index (χ1v) is 8.78. The summed E-state index contributed by atoms with van der Waals surface area (Å²) >= 11 is 0. The monoisotopic (exact) mass is 390 g/mol. The van der Waals surface area contributed by atoms with Crippen molar-refractivity contribution in [2.45, 2.75) is 37.3 Å². The van der Waals surface area contributed by atoms with E-state index in [4.69, 9.17) is 14.2 Å². The van der Waals surface area contributed by atoms with E-state index >= 15 is 0 Å². The average molecular weight is 390 g/mol. The van der Waals surface area contributed by atoms with Crippen LogP contribution in [0.4, 0.5) is 0 Å². The van der Waals surface area contributed by atoms with Gasteiger partial charge in [0.2, 0.25) is 6.29 Å². The second kappa shape index (κ2) is 9.13. The molecule has 150 valence electrons. The summed E-state index contributed by atoms with van der Waals surface area (Å²) in [6, 6.07) is 15.2. The molecule has 1 heterocycles. The summed E-state index contributed by atoms with van der Waals surface area (Å²) in [5.74, 6) is -0.229. The van der Waals surface area contributed by atoms with E-state index in [1.165, 1.54) is 24.3 Å². The van der Waals surface area contributed by atoms with E-state index < -0.39 is 43.3 Å². The first kappa shape index (κ1) is 20.2. The van der Waals surface area contributed by atoms with Crippen molar-refractivity contribution in [2.75, 3.05) is 6.61 Å². The first-order chi connectivity index (χ1) is 13.5. The van der Waals surface area contributed by atoms with E-state index in [1.807, 2.05) is 30.3 Å². The van der Waals surface area contributed by atoms with Gasteiger partial charge in [0.05, 0.1) is 12.2 Å². The van der Waals surface area contributed by atoms with E-state index in [1.54, 1.807) is 0 Å². The molecule has 1 aliphatic heterocycles. The van der Waals surface area contributed by atoms with Crippen LogP contribution in [0, 0.1) is 0 Å². The van der Waals surface area contributed by atoms with Crippen molar-refractivity contribution in [3.8, 4) is 5.75 Å². The summed E-state index contributed by atoms with van der Waals surface area (Å²) in [6.45, 7) is -0.389. The maximum absolute atomic E-state index is 12.1. The van der Waals surface area contributed by atoms with Crippen molar-refractivity contribution >= 4 is 5.97 Å². The second-order valence-corrected chi connectivity index (χ2v) is 6.40. The molecule has 0 saturated carbocycles. The fourth-order valence-electron chi connectivity index (χ4n) is 2.77. The van der Waals surface area contributed by atoms with Gasteiger partial charge in [-0.25, -0.2) is 4.79 Å². The summed E-state index contributed by atoms with van der Waals surface area (Å²) in [7, 11) is 0. The van der Waals surface area contributed by atoms with Crippen LogP contribution in [-0.4, -0.2) is 63.7 Å². The molecule has 8 nitrogen and oxygen atoms in total. The van der Waals surface area contributed by atoms with Gasteiger partial charge < -0.3 is 34.6 Å². The van der Waals surface area contributed by atoms with Crippen LogP contribution in [0.3, 0.4) is 0 Å². The highest BCUT2D eigenvalue weighted by Crippen LogP contribution is 2.24. The number of hydrogen-bond acceptors (Lipinski definition) is 8. The Morgan fingerprint density at radius 2 is 1.61 bits per heavy atom. The van der Waals surface area contributed by atoms with E-state index in [-0.39, 0.29) is 12.4 Å². The summed E-state index contributed by atoms with van der Waals surface area (Å²) < 4.78 is 16.0. The third kappa shape index (κ3) is 4.67.